The van der Waals surface area contributed by atoms with E-state index in [1.54, 1.807) is 0 Å². The molecule has 3 heterocycles. The lowest BCUT2D eigenvalue weighted by Crippen LogP contribution is -2.26. The second-order valence-electron chi connectivity index (χ2n) is 4.74. The maximum atomic E-state index is 4.97. The highest BCUT2D eigenvalue weighted by atomic mass is 32.2. The lowest BCUT2D eigenvalue weighted by molar-refractivity contribution is 0.376. The Kier molecular flexibility index (Phi) is 3.20. The molecule has 0 aromatic heterocycles. The zero-order chi connectivity index (χ0) is 10.8. The van der Waals surface area contributed by atoms with Gasteiger partial charge in [0.05, 0.1) is 11.4 Å². The number of hydrogen-bond acceptors (Lipinski definition) is 3. The van der Waals surface area contributed by atoms with Gasteiger partial charge in [-0.3, -0.25) is 4.31 Å². The normalized spacial score (nSPS) is 33.4. The quantitative estimate of drug-likeness (QED) is 0.722. The summed E-state index contributed by atoms with van der Waals surface area (Å²) >= 11 is -0.178. The van der Waals surface area contributed by atoms with E-state index in [0.29, 0.717) is 0 Å². The summed E-state index contributed by atoms with van der Waals surface area (Å²) in [6.45, 7) is 3.68. The van der Waals surface area contributed by atoms with Crippen LogP contribution in [0.5, 0.6) is 0 Å². The number of hydrogen-bond donors (Lipinski definition) is 2. The summed E-state index contributed by atoms with van der Waals surface area (Å²) in [6.07, 6.45) is 8.86. The molecule has 1 unspecified atom stereocenters. The Morgan fingerprint density at radius 3 is 2.88 bits per heavy atom. The van der Waals surface area contributed by atoms with E-state index >= 15 is 0 Å². The van der Waals surface area contributed by atoms with Crippen LogP contribution in [-0.4, -0.2) is 35.4 Å². The zero-order valence-electron chi connectivity index (χ0n) is 9.78. The molecule has 1 N–H and O–H groups in total. The Bertz CT molecular complexity index is 318. The minimum absolute atomic E-state index is 0.178. The number of rotatable bonds is 2. The average molecular weight is 239 g/mol. The van der Waals surface area contributed by atoms with Crippen molar-refractivity contribution < 1.29 is 0 Å². The highest BCUT2D eigenvalue weighted by molar-refractivity contribution is 8.14. The van der Waals surface area contributed by atoms with Gasteiger partial charge in [-0.1, -0.05) is 12.5 Å². The molecule has 0 aliphatic carbocycles. The van der Waals surface area contributed by atoms with Crippen LogP contribution in [0.4, 0.5) is 0 Å². The second-order valence-corrected chi connectivity index (χ2v) is 6.70. The molecule has 0 aromatic carbocycles. The summed E-state index contributed by atoms with van der Waals surface area (Å²) < 4.78 is 7.61. The van der Waals surface area contributed by atoms with E-state index in [9.17, 15) is 0 Å². The Balaban J connectivity index is 1.65. The van der Waals surface area contributed by atoms with Gasteiger partial charge in [0.1, 0.15) is 0 Å². The topological polar surface area (TPSA) is 27.6 Å². The van der Waals surface area contributed by atoms with Crippen LogP contribution in [0.25, 0.3) is 0 Å². The van der Waals surface area contributed by atoms with E-state index < -0.39 is 0 Å². The van der Waals surface area contributed by atoms with Crippen molar-refractivity contribution in [3.8, 4) is 0 Å². The van der Waals surface area contributed by atoms with Gasteiger partial charge in [0.25, 0.3) is 0 Å². The summed E-state index contributed by atoms with van der Waals surface area (Å²) in [6, 6.07) is 0. The first-order valence-electron chi connectivity index (χ1n) is 6.48. The monoisotopic (exact) mass is 239 g/mol. The van der Waals surface area contributed by atoms with Gasteiger partial charge in [-0.05, 0) is 19.3 Å². The predicted molar refractivity (Wildman–Crippen MR) is 72.0 cm³/mol. The smallest absolute Gasteiger partial charge is 0.0715 e. The van der Waals surface area contributed by atoms with Crippen LogP contribution in [0.3, 0.4) is 0 Å². The summed E-state index contributed by atoms with van der Waals surface area (Å²) in [7, 11) is 0. The first-order chi connectivity index (χ1) is 7.93. The average Bonchev–Trinajstić information content (AvgIpc) is 3.01. The number of allylic oxidation sites excluding steroid dienone is 1. The third-order valence-electron chi connectivity index (χ3n) is 3.56. The third-order valence-corrected chi connectivity index (χ3v) is 5.71. The molecule has 0 amide bonds. The maximum Gasteiger partial charge on any atom is 0.0715 e. The van der Waals surface area contributed by atoms with Crippen molar-refractivity contribution in [2.45, 2.75) is 32.1 Å². The molecular weight excluding hydrogens is 218 g/mol. The molecule has 1 saturated heterocycles. The Labute approximate surface area is 101 Å². The molecule has 4 heteroatoms. The second kappa shape index (κ2) is 4.80. The Morgan fingerprint density at radius 1 is 1.25 bits per heavy atom. The van der Waals surface area contributed by atoms with Gasteiger partial charge < -0.3 is 5.32 Å². The predicted octanol–water partition coefficient (Wildman–Crippen LogP) is 2.03. The standard InChI is InChI=1S/C12H21N3S/c1-2-8-15(9-3-1)16-10-6-12(14-16)11-5-4-7-13-11/h5,13,16H,1-4,6-10H2. The zero-order valence-corrected chi connectivity index (χ0v) is 10.7. The maximum absolute atomic E-state index is 4.97. The molecule has 90 valence electrons. The van der Waals surface area contributed by atoms with E-state index in [-0.39, 0.29) is 11.3 Å². The lowest BCUT2D eigenvalue weighted by Gasteiger charge is -2.32. The molecule has 0 spiro atoms. The van der Waals surface area contributed by atoms with Crippen LogP contribution in [0.15, 0.2) is 16.2 Å². The molecule has 1 fully saturated rings. The van der Waals surface area contributed by atoms with Crippen molar-refractivity contribution in [2.75, 3.05) is 25.4 Å². The summed E-state index contributed by atoms with van der Waals surface area (Å²) in [5.41, 5.74) is 2.69. The van der Waals surface area contributed by atoms with Crippen molar-refractivity contribution in [3.63, 3.8) is 0 Å². The minimum atomic E-state index is -0.178. The molecular formula is C12H21N3S. The van der Waals surface area contributed by atoms with Crippen LogP contribution in [0.1, 0.15) is 32.1 Å². The molecule has 0 radical (unpaired) electrons. The fourth-order valence-corrected chi connectivity index (χ4v) is 4.81. The SMILES string of the molecule is C1=C(C2=N[SH](N3CCCCC3)CC2)NCC1. The van der Waals surface area contributed by atoms with E-state index in [1.165, 1.54) is 62.4 Å². The van der Waals surface area contributed by atoms with E-state index in [2.05, 4.69) is 15.7 Å². The van der Waals surface area contributed by atoms with Crippen LogP contribution >= 0.6 is 11.3 Å². The Morgan fingerprint density at radius 2 is 2.12 bits per heavy atom. The summed E-state index contributed by atoms with van der Waals surface area (Å²) in [5, 5.41) is 3.44. The molecule has 3 aliphatic rings. The number of nitrogens with zero attached hydrogens (tertiary/aromatic N) is 2. The minimum Gasteiger partial charge on any atom is -0.383 e. The number of nitrogens with one attached hydrogen (secondary N) is 1. The van der Waals surface area contributed by atoms with Gasteiger partial charge in [-0.25, -0.2) is 4.40 Å². The van der Waals surface area contributed by atoms with Gasteiger partial charge >= 0.3 is 0 Å². The molecule has 1 atom stereocenters. The van der Waals surface area contributed by atoms with Crippen LogP contribution in [0.2, 0.25) is 0 Å². The highest BCUT2D eigenvalue weighted by Crippen LogP contribution is 2.40. The fourth-order valence-electron chi connectivity index (χ4n) is 2.66. The van der Waals surface area contributed by atoms with Crippen molar-refractivity contribution in [1.82, 2.24) is 9.62 Å². The van der Waals surface area contributed by atoms with Gasteiger partial charge in [-0.2, -0.15) is 0 Å². The van der Waals surface area contributed by atoms with Crippen molar-refractivity contribution >= 4 is 17.0 Å². The van der Waals surface area contributed by atoms with E-state index in [4.69, 9.17) is 4.40 Å². The van der Waals surface area contributed by atoms with E-state index in [1.807, 2.05) is 0 Å². The van der Waals surface area contributed by atoms with Crippen molar-refractivity contribution in [1.29, 1.82) is 0 Å². The summed E-state index contributed by atoms with van der Waals surface area (Å²) in [4.78, 5) is 0. The van der Waals surface area contributed by atoms with Gasteiger partial charge in [0.2, 0.25) is 0 Å². The molecule has 0 aromatic rings. The molecule has 16 heavy (non-hydrogen) atoms. The highest BCUT2D eigenvalue weighted by Gasteiger charge is 2.24. The first-order valence-corrected chi connectivity index (χ1v) is 7.91. The Hall–Kier alpha value is -0.480. The van der Waals surface area contributed by atoms with Crippen LogP contribution < -0.4 is 5.32 Å². The van der Waals surface area contributed by atoms with Gasteiger partial charge in [0.15, 0.2) is 0 Å². The number of thiol groups is 1. The van der Waals surface area contributed by atoms with E-state index in [0.717, 1.165) is 6.54 Å². The van der Waals surface area contributed by atoms with Crippen molar-refractivity contribution in [2.24, 2.45) is 4.40 Å². The van der Waals surface area contributed by atoms with Crippen LogP contribution in [-0.2, 0) is 0 Å². The summed E-state index contributed by atoms with van der Waals surface area (Å²) in [5.74, 6) is 1.30. The first kappa shape index (κ1) is 10.7. The molecule has 3 nitrogen and oxygen atoms in total. The fraction of sp³-hybridized carbons (Fsp3) is 0.750. The van der Waals surface area contributed by atoms with Gasteiger partial charge in [-0.15, -0.1) is 11.3 Å². The van der Waals surface area contributed by atoms with Crippen molar-refractivity contribution in [3.05, 3.63) is 11.8 Å². The largest absolute Gasteiger partial charge is 0.383 e. The van der Waals surface area contributed by atoms with Crippen LogP contribution in [0, 0.1) is 0 Å². The van der Waals surface area contributed by atoms with Gasteiger partial charge in [0, 0.05) is 31.8 Å². The molecule has 3 rings (SSSR count). The number of piperidine rings is 1. The molecule has 0 bridgehead atoms. The lowest BCUT2D eigenvalue weighted by atomic mass is 10.2. The molecule has 3 aliphatic heterocycles. The molecule has 0 saturated carbocycles. The third kappa shape index (κ3) is 2.13.